The molecular weight excluding hydrogens is 230 g/mol. The Morgan fingerprint density at radius 1 is 1.56 bits per heavy atom. The van der Waals surface area contributed by atoms with Crippen LogP contribution < -0.4 is 5.32 Å². The molecule has 0 aromatic carbocycles. The van der Waals surface area contributed by atoms with Crippen molar-refractivity contribution in [3.8, 4) is 0 Å². The van der Waals surface area contributed by atoms with Crippen molar-refractivity contribution < 1.29 is 9.90 Å². The number of carbonyl (C=O) groups excluding carboxylic acids is 1. The van der Waals surface area contributed by atoms with E-state index in [-0.39, 0.29) is 18.6 Å². The molecule has 2 rings (SSSR count). The number of nitrogens with one attached hydrogen (secondary N) is 2. The van der Waals surface area contributed by atoms with Gasteiger partial charge in [0.2, 0.25) is 0 Å². The first-order valence-electron chi connectivity index (χ1n) is 6.58. The number of aromatic nitrogens is 1. The summed E-state index contributed by atoms with van der Waals surface area (Å²) in [5.41, 5.74) is 0.590. The van der Waals surface area contributed by atoms with Crippen molar-refractivity contribution in [1.29, 1.82) is 0 Å². The average molecular weight is 251 g/mol. The summed E-state index contributed by atoms with van der Waals surface area (Å²) in [4.78, 5) is 16.8. The molecule has 0 bridgehead atoms. The Kier molecular flexibility index (Phi) is 4.78. The van der Waals surface area contributed by atoms with Gasteiger partial charge in [0.25, 0.3) is 5.91 Å². The smallest absolute Gasteiger partial charge is 0.267 e. The highest BCUT2D eigenvalue weighted by atomic mass is 16.3. The van der Waals surface area contributed by atoms with Gasteiger partial charge in [0.05, 0.1) is 6.61 Å². The number of likely N-dealkylation sites (tertiary alicyclic amines) is 1. The lowest BCUT2D eigenvalue weighted by Gasteiger charge is -2.34. The molecule has 1 fully saturated rings. The Hall–Kier alpha value is -1.33. The minimum Gasteiger partial charge on any atom is -0.395 e. The van der Waals surface area contributed by atoms with Gasteiger partial charge in [-0.15, -0.1) is 0 Å². The van der Waals surface area contributed by atoms with Crippen molar-refractivity contribution in [2.45, 2.75) is 25.3 Å². The number of nitrogens with zero attached hydrogens (tertiary/aromatic N) is 1. The summed E-state index contributed by atoms with van der Waals surface area (Å²) in [5, 5.41) is 12.2. The van der Waals surface area contributed by atoms with Crippen molar-refractivity contribution in [3.63, 3.8) is 0 Å². The Morgan fingerprint density at radius 2 is 2.44 bits per heavy atom. The first-order chi connectivity index (χ1) is 8.81. The number of piperidine rings is 1. The molecule has 1 aliphatic rings. The fourth-order valence-electron chi connectivity index (χ4n) is 2.44. The Labute approximate surface area is 107 Å². The SMILES string of the molecule is O=C(NCCN1CCCCC1CO)c1ccc[nH]1. The van der Waals surface area contributed by atoms with Gasteiger partial charge in [-0.1, -0.05) is 6.42 Å². The van der Waals surface area contributed by atoms with Crippen molar-refractivity contribution in [1.82, 2.24) is 15.2 Å². The standard InChI is InChI=1S/C13H21N3O2/c17-10-11-4-1-2-8-16(11)9-7-15-13(18)12-5-3-6-14-12/h3,5-6,11,14,17H,1-2,4,7-10H2,(H,15,18). The third kappa shape index (κ3) is 3.34. The topological polar surface area (TPSA) is 68.4 Å². The predicted octanol–water partition coefficient (Wildman–Crippen LogP) is 0.591. The number of rotatable bonds is 5. The van der Waals surface area contributed by atoms with Gasteiger partial charge in [0, 0.05) is 25.3 Å². The summed E-state index contributed by atoms with van der Waals surface area (Å²) in [6.45, 7) is 2.65. The Morgan fingerprint density at radius 3 is 3.17 bits per heavy atom. The maximum absolute atomic E-state index is 11.7. The van der Waals surface area contributed by atoms with E-state index in [1.807, 2.05) is 0 Å². The number of hydrogen-bond acceptors (Lipinski definition) is 3. The van der Waals surface area contributed by atoms with Crippen molar-refractivity contribution in [2.24, 2.45) is 0 Å². The number of aromatic amines is 1. The molecule has 3 N–H and O–H groups in total. The molecule has 5 nitrogen and oxygen atoms in total. The molecule has 1 aliphatic heterocycles. The molecule has 5 heteroatoms. The van der Waals surface area contributed by atoms with Crippen LogP contribution in [0.15, 0.2) is 18.3 Å². The van der Waals surface area contributed by atoms with Gasteiger partial charge in [0.1, 0.15) is 5.69 Å². The lowest BCUT2D eigenvalue weighted by Crippen LogP contribution is -2.45. The van der Waals surface area contributed by atoms with Crippen molar-refractivity contribution >= 4 is 5.91 Å². The molecule has 1 aromatic heterocycles. The van der Waals surface area contributed by atoms with E-state index in [9.17, 15) is 9.90 Å². The number of aliphatic hydroxyl groups excluding tert-OH is 1. The van der Waals surface area contributed by atoms with Gasteiger partial charge in [-0.05, 0) is 31.5 Å². The van der Waals surface area contributed by atoms with Gasteiger partial charge in [-0.25, -0.2) is 0 Å². The maximum Gasteiger partial charge on any atom is 0.267 e. The lowest BCUT2D eigenvalue weighted by molar-refractivity contribution is 0.0847. The quantitative estimate of drug-likeness (QED) is 0.717. The van der Waals surface area contributed by atoms with Crippen LogP contribution in [0.25, 0.3) is 0 Å². The number of carbonyl (C=O) groups is 1. The Balaban J connectivity index is 1.72. The van der Waals surface area contributed by atoms with Crippen LogP contribution in [0.1, 0.15) is 29.8 Å². The zero-order valence-corrected chi connectivity index (χ0v) is 10.6. The van der Waals surface area contributed by atoms with Crippen LogP contribution in [-0.2, 0) is 0 Å². The summed E-state index contributed by atoms with van der Waals surface area (Å²) in [6.07, 6.45) is 5.17. The van der Waals surface area contributed by atoms with Crippen LogP contribution in [0.4, 0.5) is 0 Å². The van der Waals surface area contributed by atoms with Gasteiger partial charge < -0.3 is 15.4 Å². The van der Waals surface area contributed by atoms with E-state index in [0.29, 0.717) is 12.2 Å². The second-order valence-corrected chi connectivity index (χ2v) is 4.71. The normalized spacial score (nSPS) is 20.8. The number of H-pyrrole nitrogens is 1. The zero-order chi connectivity index (χ0) is 12.8. The summed E-state index contributed by atoms with van der Waals surface area (Å²) in [5.74, 6) is -0.0717. The minimum atomic E-state index is -0.0717. The van der Waals surface area contributed by atoms with Crippen molar-refractivity contribution in [2.75, 3.05) is 26.2 Å². The molecule has 100 valence electrons. The summed E-state index contributed by atoms with van der Waals surface area (Å²) in [7, 11) is 0. The molecule has 1 atom stereocenters. The second-order valence-electron chi connectivity index (χ2n) is 4.71. The van der Waals surface area contributed by atoms with Crippen LogP contribution in [0, 0.1) is 0 Å². The van der Waals surface area contributed by atoms with Gasteiger partial charge >= 0.3 is 0 Å². The molecule has 2 heterocycles. The van der Waals surface area contributed by atoms with E-state index < -0.39 is 0 Å². The molecular formula is C13H21N3O2. The molecule has 1 unspecified atom stereocenters. The van der Waals surface area contributed by atoms with E-state index in [1.54, 1.807) is 18.3 Å². The van der Waals surface area contributed by atoms with Crippen LogP contribution >= 0.6 is 0 Å². The molecule has 1 aromatic rings. The molecule has 1 amide bonds. The third-order valence-corrected chi connectivity index (χ3v) is 3.49. The highest BCUT2D eigenvalue weighted by Crippen LogP contribution is 2.15. The van der Waals surface area contributed by atoms with E-state index >= 15 is 0 Å². The first kappa shape index (κ1) is 13.1. The number of amides is 1. The summed E-state index contributed by atoms with van der Waals surface area (Å²) >= 11 is 0. The number of aliphatic hydroxyl groups is 1. The average Bonchev–Trinajstić information content (AvgIpc) is 2.93. The van der Waals surface area contributed by atoms with Gasteiger partial charge in [-0.2, -0.15) is 0 Å². The number of hydrogen-bond donors (Lipinski definition) is 3. The highest BCUT2D eigenvalue weighted by Gasteiger charge is 2.21. The fraction of sp³-hybridized carbons (Fsp3) is 0.615. The monoisotopic (exact) mass is 251 g/mol. The fourth-order valence-corrected chi connectivity index (χ4v) is 2.44. The molecule has 0 saturated carbocycles. The molecule has 0 aliphatic carbocycles. The first-order valence-corrected chi connectivity index (χ1v) is 6.58. The zero-order valence-electron chi connectivity index (χ0n) is 10.6. The third-order valence-electron chi connectivity index (χ3n) is 3.49. The van der Waals surface area contributed by atoms with E-state index in [0.717, 1.165) is 19.5 Å². The maximum atomic E-state index is 11.7. The van der Waals surface area contributed by atoms with E-state index in [2.05, 4.69) is 15.2 Å². The van der Waals surface area contributed by atoms with Crippen LogP contribution in [0.5, 0.6) is 0 Å². The second kappa shape index (κ2) is 6.56. The van der Waals surface area contributed by atoms with E-state index in [1.165, 1.54) is 12.8 Å². The van der Waals surface area contributed by atoms with Crippen LogP contribution in [0.2, 0.25) is 0 Å². The minimum absolute atomic E-state index is 0.0717. The molecule has 0 spiro atoms. The van der Waals surface area contributed by atoms with Gasteiger partial charge in [-0.3, -0.25) is 9.69 Å². The molecule has 18 heavy (non-hydrogen) atoms. The summed E-state index contributed by atoms with van der Waals surface area (Å²) in [6, 6.07) is 3.83. The van der Waals surface area contributed by atoms with Crippen molar-refractivity contribution in [3.05, 3.63) is 24.0 Å². The van der Waals surface area contributed by atoms with Gasteiger partial charge in [0.15, 0.2) is 0 Å². The van der Waals surface area contributed by atoms with Crippen LogP contribution in [-0.4, -0.2) is 53.2 Å². The Bertz CT molecular complexity index is 364. The predicted molar refractivity (Wildman–Crippen MR) is 69.4 cm³/mol. The molecule has 0 radical (unpaired) electrons. The highest BCUT2D eigenvalue weighted by molar-refractivity contribution is 5.92. The van der Waals surface area contributed by atoms with E-state index in [4.69, 9.17) is 0 Å². The summed E-state index contributed by atoms with van der Waals surface area (Å²) < 4.78 is 0. The molecule has 1 saturated heterocycles. The lowest BCUT2D eigenvalue weighted by atomic mass is 10.0. The largest absolute Gasteiger partial charge is 0.395 e. The van der Waals surface area contributed by atoms with Crippen LogP contribution in [0.3, 0.4) is 0 Å².